The SMILES string of the molecule is CCCCCCS(=O)(=O)N[C@H]1CCOC1=O. The van der Waals surface area contributed by atoms with Crippen LogP contribution in [0.4, 0.5) is 0 Å². The summed E-state index contributed by atoms with van der Waals surface area (Å²) in [6, 6.07) is -0.670. The lowest BCUT2D eigenvalue weighted by molar-refractivity contribution is -0.139. The number of carbonyl (C=O) groups is 1. The predicted molar refractivity (Wildman–Crippen MR) is 60.4 cm³/mol. The molecule has 1 saturated heterocycles. The zero-order chi connectivity index (χ0) is 12.0. The molecule has 6 heteroatoms. The van der Waals surface area contributed by atoms with Crippen LogP contribution in [0.15, 0.2) is 0 Å². The zero-order valence-electron chi connectivity index (χ0n) is 9.57. The highest BCUT2D eigenvalue weighted by Gasteiger charge is 2.30. The van der Waals surface area contributed by atoms with Gasteiger partial charge in [0.2, 0.25) is 10.0 Å². The van der Waals surface area contributed by atoms with Gasteiger partial charge in [-0.3, -0.25) is 4.79 Å². The van der Waals surface area contributed by atoms with Crippen LogP contribution in [0.3, 0.4) is 0 Å². The molecule has 1 rings (SSSR count). The molecular formula is C10H19NO4S. The molecule has 16 heavy (non-hydrogen) atoms. The minimum atomic E-state index is -3.33. The van der Waals surface area contributed by atoms with E-state index in [9.17, 15) is 13.2 Å². The summed E-state index contributed by atoms with van der Waals surface area (Å²) in [5.41, 5.74) is 0. The smallest absolute Gasteiger partial charge is 0.324 e. The van der Waals surface area contributed by atoms with Crippen LogP contribution in [0.25, 0.3) is 0 Å². The van der Waals surface area contributed by atoms with Gasteiger partial charge in [0.25, 0.3) is 0 Å². The minimum absolute atomic E-state index is 0.0940. The molecule has 0 amide bonds. The molecule has 0 spiro atoms. The standard InChI is InChI=1S/C10H19NO4S/c1-2-3-4-5-8-16(13,14)11-9-6-7-15-10(9)12/h9,11H,2-8H2,1H3/t9-/m0/s1. The molecule has 1 atom stereocenters. The highest BCUT2D eigenvalue weighted by atomic mass is 32.2. The molecule has 1 aliphatic heterocycles. The van der Waals surface area contributed by atoms with E-state index in [1.165, 1.54) is 0 Å². The van der Waals surface area contributed by atoms with Gasteiger partial charge in [0.05, 0.1) is 12.4 Å². The van der Waals surface area contributed by atoms with Gasteiger partial charge < -0.3 is 4.74 Å². The second-order valence-electron chi connectivity index (χ2n) is 4.01. The van der Waals surface area contributed by atoms with Crippen LogP contribution in [0.2, 0.25) is 0 Å². The van der Waals surface area contributed by atoms with Gasteiger partial charge >= 0.3 is 5.97 Å². The molecule has 5 nitrogen and oxygen atoms in total. The quantitative estimate of drug-likeness (QED) is 0.535. The monoisotopic (exact) mass is 249 g/mol. The second-order valence-corrected chi connectivity index (χ2v) is 5.88. The third-order valence-corrected chi connectivity index (χ3v) is 3.99. The Morgan fingerprint density at radius 1 is 1.38 bits per heavy atom. The molecular weight excluding hydrogens is 230 g/mol. The molecule has 1 N–H and O–H groups in total. The van der Waals surface area contributed by atoms with Crippen molar-refractivity contribution in [1.29, 1.82) is 0 Å². The van der Waals surface area contributed by atoms with Crippen molar-refractivity contribution < 1.29 is 17.9 Å². The maximum Gasteiger partial charge on any atom is 0.324 e. The largest absolute Gasteiger partial charge is 0.464 e. The van der Waals surface area contributed by atoms with Crippen molar-refractivity contribution in [3.8, 4) is 0 Å². The van der Waals surface area contributed by atoms with E-state index in [2.05, 4.69) is 16.4 Å². The average Bonchev–Trinajstić information content (AvgIpc) is 2.59. The third kappa shape index (κ3) is 4.49. The zero-order valence-corrected chi connectivity index (χ0v) is 10.4. The maximum absolute atomic E-state index is 11.6. The van der Waals surface area contributed by atoms with Gasteiger partial charge in [0.1, 0.15) is 6.04 Å². The fraction of sp³-hybridized carbons (Fsp3) is 0.900. The van der Waals surface area contributed by atoms with Gasteiger partial charge in [0.15, 0.2) is 0 Å². The fourth-order valence-electron chi connectivity index (χ4n) is 1.60. The van der Waals surface area contributed by atoms with Gasteiger partial charge in [-0.2, -0.15) is 0 Å². The lowest BCUT2D eigenvalue weighted by Crippen LogP contribution is -2.39. The number of hydrogen-bond donors (Lipinski definition) is 1. The van der Waals surface area contributed by atoms with E-state index >= 15 is 0 Å². The normalized spacial score (nSPS) is 21.1. The Labute approximate surface area is 96.6 Å². The molecule has 0 aromatic heterocycles. The molecule has 0 radical (unpaired) electrons. The molecule has 0 aromatic carbocycles. The highest BCUT2D eigenvalue weighted by molar-refractivity contribution is 7.89. The summed E-state index contributed by atoms with van der Waals surface area (Å²) < 4.78 is 30.2. The lowest BCUT2D eigenvalue weighted by atomic mass is 10.2. The lowest BCUT2D eigenvalue weighted by Gasteiger charge is -2.09. The van der Waals surface area contributed by atoms with Crippen molar-refractivity contribution in [3.63, 3.8) is 0 Å². The van der Waals surface area contributed by atoms with Gasteiger partial charge in [0, 0.05) is 6.42 Å². The van der Waals surface area contributed by atoms with Crippen LogP contribution in [-0.2, 0) is 19.6 Å². The van der Waals surface area contributed by atoms with Crippen LogP contribution in [0.5, 0.6) is 0 Å². The fourth-order valence-corrected chi connectivity index (χ4v) is 2.95. The van der Waals surface area contributed by atoms with Crippen molar-refractivity contribution in [2.45, 2.75) is 45.1 Å². The summed E-state index contributed by atoms with van der Waals surface area (Å²) in [7, 11) is -3.33. The number of rotatable bonds is 7. The number of carbonyl (C=O) groups excluding carboxylic acids is 1. The Kier molecular flexibility index (Phi) is 5.21. The number of sulfonamides is 1. The van der Waals surface area contributed by atoms with Gasteiger partial charge in [-0.1, -0.05) is 26.2 Å². The second kappa shape index (κ2) is 6.20. The molecule has 0 saturated carbocycles. The molecule has 0 unspecified atom stereocenters. The van der Waals surface area contributed by atoms with E-state index in [0.717, 1.165) is 19.3 Å². The minimum Gasteiger partial charge on any atom is -0.464 e. The Morgan fingerprint density at radius 2 is 2.12 bits per heavy atom. The van der Waals surface area contributed by atoms with Crippen molar-refractivity contribution in [1.82, 2.24) is 4.72 Å². The first-order chi connectivity index (χ1) is 7.55. The van der Waals surface area contributed by atoms with Crippen molar-refractivity contribution in [2.24, 2.45) is 0 Å². The molecule has 1 fully saturated rings. The summed E-state index contributed by atoms with van der Waals surface area (Å²) in [6.45, 7) is 2.38. The number of hydrogen-bond acceptors (Lipinski definition) is 4. The van der Waals surface area contributed by atoms with Gasteiger partial charge in [-0.05, 0) is 6.42 Å². The Hall–Kier alpha value is -0.620. The van der Waals surface area contributed by atoms with E-state index in [1.807, 2.05) is 0 Å². The number of unbranched alkanes of at least 4 members (excludes halogenated alkanes) is 3. The molecule has 1 heterocycles. The average molecular weight is 249 g/mol. The third-order valence-electron chi connectivity index (χ3n) is 2.52. The van der Waals surface area contributed by atoms with Gasteiger partial charge in [-0.25, -0.2) is 13.1 Å². The Morgan fingerprint density at radius 3 is 2.69 bits per heavy atom. The van der Waals surface area contributed by atoms with Gasteiger partial charge in [-0.15, -0.1) is 0 Å². The van der Waals surface area contributed by atoms with Crippen LogP contribution >= 0.6 is 0 Å². The van der Waals surface area contributed by atoms with Crippen LogP contribution in [-0.4, -0.2) is 32.8 Å². The number of esters is 1. The first-order valence-electron chi connectivity index (χ1n) is 5.72. The predicted octanol–water partition coefficient (Wildman–Crippen LogP) is 0.802. The van der Waals surface area contributed by atoms with Crippen molar-refractivity contribution >= 4 is 16.0 Å². The molecule has 0 aliphatic carbocycles. The van der Waals surface area contributed by atoms with E-state index in [4.69, 9.17) is 0 Å². The number of ether oxygens (including phenoxy) is 1. The highest BCUT2D eigenvalue weighted by Crippen LogP contribution is 2.08. The van der Waals surface area contributed by atoms with Crippen LogP contribution in [0.1, 0.15) is 39.0 Å². The molecule has 0 bridgehead atoms. The maximum atomic E-state index is 11.6. The van der Waals surface area contributed by atoms with E-state index in [1.54, 1.807) is 0 Å². The number of cyclic esters (lactones) is 1. The molecule has 1 aliphatic rings. The summed E-state index contributed by atoms with van der Waals surface area (Å²) >= 11 is 0. The van der Waals surface area contributed by atoms with Crippen molar-refractivity contribution in [2.75, 3.05) is 12.4 Å². The summed E-state index contributed by atoms with van der Waals surface area (Å²) in [5.74, 6) is -0.367. The molecule has 94 valence electrons. The Bertz CT molecular complexity index is 326. The number of nitrogens with one attached hydrogen (secondary N) is 1. The summed E-state index contributed by atoms with van der Waals surface area (Å²) in [5, 5.41) is 0. The first-order valence-corrected chi connectivity index (χ1v) is 7.37. The van der Waals surface area contributed by atoms with Crippen LogP contribution in [0, 0.1) is 0 Å². The summed E-state index contributed by atoms with van der Waals surface area (Å²) in [6.07, 6.45) is 4.11. The van der Waals surface area contributed by atoms with Crippen LogP contribution < -0.4 is 4.72 Å². The van der Waals surface area contributed by atoms with E-state index < -0.39 is 22.0 Å². The first kappa shape index (κ1) is 13.4. The Balaban J connectivity index is 2.31. The van der Waals surface area contributed by atoms with E-state index in [0.29, 0.717) is 19.4 Å². The molecule has 0 aromatic rings. The summed E-state index contributed by atoms with van der Waals surface area (Å²) in [4.78, 5) is 11.1. The van der Waals surface area contributed by atoms with E-state index in [-0.39, 0.29) is 5.75 Å². The topological polar surface area (TPSA) is 72.5 Å². The van der Waals surface area contributed by atoms with Crippen molar-refractivity contribution in [3.05, 3.63) is 0 Å².